The molecule has 7 heteroatoms. The second-order valence-corrected chi connectivity index (χ2v) is 4.70. The van der Waals surface area contributed by atoms with Crippen molar-refractivity contribution in [2.24, 2.45) is 0 Å². The fraction of sp³-hybridized carbons (Fsp3) is 0.364. The number of hydrogen-bond donors (Lipinski definition) is 0. The van der Waals surface area contributed by atoms with E-state index in [1.54, 1.807) is 7.05 Å². The number of esters is 1. The molecule has 0 aliphatic heterocycles. The van der Waals surface area contributed by atoms with Gasteiger partial charge in [-0.3, -0.25) is 14.0 Å². The van der Waals surface area contributed by atoms with Crippen molar-refractivity contribution in [3.8, 4) is 0 Å². The summed E-state index contributed by atoms with van der Waals surface area (Å²) in [5, 5.41) is 1.93. The highest BCUT2D eigenvalue weighted by Crippen LogP contribution is 2.12. The molecule has 0 atom stereocenters. The minimum absolute atomic E-state index is 0.0441. The third-order valence-corrected chi connectivity index (χ3v) is 3.27. The first-order valence-corrected chi connectivity index (χ1v) is 6.20. The molecule has 0 unspecified atom stereocenters. The number of amides is 1. The summed E-state index contributed by atoms with van der Waals surface area (Å²) in [6, 6.07) is 0. The average Bonchev–Trinajstić information content (AvgIpc) is 2.89. The van der Waals surface area contributed by atoms with Crippen LogP contribution in [0, 0.1) is 0 Å². The lowest BCUT2D eigenvalue weighted by Crippen LogP contribution is -2.33. The van der Waals surface area contributed by atoms with Gasteiger partial charge in [0, 0.05) is 24.8 Å². The summed E-state index contributed by atoms with van der Waals surface area (Å²) in [6.45, 7) is -0.0441. The normalized spacial score (nSPS) is 10.6. The van der Waals surface area contributed by atoms with Crippen LogP contribution in [0.1, 0.15) is 5.69 Å². The third-order valence-electron chi connectivity index (χ3n) is 2.50. The number of methoxy groups -OCH3 is 1. The van der Waals surface area contributed by atoms with Crippen LogP contribution in [0.4, 0.5) is 0 Å². The first kappa shape index (κ1) is 12.6. The van der Waals surface area contributed by atoms with Crippen molar-refractivity contribution in [2.45, 2.75) is 6.42 Å². The summed E-state index contributed by atoms with van der Waals surface area (Å²) in [4.78, 5) is 29.4. The monoisotopic (exact) mass is 267 g/mol. The molecule has 0 aliphatic carbocycles. The molecule has 2 rings (SSSR count). The number of fused-ring (bicyclic) bond motifs is 1. The number of hydrogen-bond acceptors (Lipinski definition) is 5. The standard InChI is InChI=1S/C11H13N3O3S/c1-13(7-10(16)17-2)9(15)5-8-6-14-3-4-18-11(14)12-8/h3-4,6H,5,7H2,1-2H3. The minimum Gasteiger partial charge on any atom is -0.468 e. The van der Waals surface area contributed by atoms with Gasteiger partial charge in [-0.2, -0.15) is 0 Å². The molecule has 0 radical (unpaired) electrons. The third kappa shape index (κ3) is 2.67. The Kier molecular flexibility index (Phi) is 3.61. The van der Waals surface area contributed by atoms with Gasteiger partial charge in [-0.1, -0.05) is 0 Å². The quantitative estimate of drug-likeness (QED) is 0.760. The molecule has 2 heterocycles. The van der Waals surface area contributed by atoms with Crippen LogP contribution in [0.5, 0.6) is 0 Å². The van der Waals surface area contributed by atoms with E-state index in [4.69, 9.17) is 0 Å². The topological polar surface area (TPSA) is 63.9 Å². The number of ether oxygens (including phenoxy) is 1. The van der Waals surface area contributed by atoms with Crippen LogP contribution < -0.4 is 0 Å². The van der Waals surface area contributed by atoms with Gasteiger partial charge in [0.2, 0.25) is 5.91 Å². The number of rotatable bonds is 4. The molecule has 0 N–H and O–H groups in total. The van der Waals surface area contributed by atoms with Crippen molar-refractivity contribution in [3.63, 3.8) is 0 Å². The number of imidazole rings is 1. The highest BCUT2D eigenvalue weighted by molar-refractivity contribution is 7.15. The van der Waals surface area contributed by atoms with E-state index in [1.807, 2.05) is 22.2 Å². The van der Waals surface area contributed by atoms with Crippen LogP contribution >= 0.6 is 11.3 Å². The van der Waals surface area contributed by atoms with Crippen LogP contribution in [0.15, 0.2) is 17.8 Å². The zero-order valence-corrected chi connectivity index (χ0v) is 10.9. The van der Waals surface area contributed by atoms with E-state index in [9.17, 15) is 9.59 Å². The van der Waals surface area contributed by atoms with Crippen LogP contribution in [0.3, 0.4) is 0 Å². The Hall–Kier alpha value is -1.89. The van der Waals surface area contributed by atoms with Gasteiger partial charge in [-0.05, 0) is 0 Å². The molecule has 0 saturated carbocycles. The number of thiazole rings is 1. The van der Waals surface area contributed by atoms with Gasteiger partial charge in [0.25, 0.3) is 0 Å². The summed E-state index contributed by atoms with van der Waals surface area (Å²) < 4.78 is 6.37. The number of carbonyl (C=O) groups is 2. The number of carbonyl (C=O) groups excluding carboxylic acids is 2. The Morgan fingerprint density at radius 3 is 3.00 bits per heavy atom. The number of likely N-dealkylation sites (N-methyl/N-ethyl adjacent to an activating group) is 1. The fourth-order valence-corrected chi connectivity index (χ4v) is 2.22. The van der Waals surface area contributed by atoms with Gasteiger partial charge < -0.3 is 9.64 Å². The summed E-state index contributed by atoms with van der Waals surface area (Å²) in [7, 11) is 2.86. The first-order valence-electron chi connectivity index (χ1n) is 5.32. The van der Waals surface area contributed by atoms with E-state index in [-0.39, 0.29) is 18.9 Å². The van der Waals surface area contributed by atoms with E-state index in [1.165, 1.54) is 23.3 Å². The lowest BCUT2D eigenvalue weighted by atomic mass is 10.3. The van der Waals surface area contributed by atoms with Crippen LogP contribution in [0.2, 0.25) is 0 Å². The number of nitrogens with zero attached hydrogens (tertiary/aromatic N) is 3. The molecule has 18 heavy (non-hydrogen) atoms. The summed E-state index contributed by atoms with van der Waals surface area (Å²) in [5.41, 5.74) is 0.698. The van der Waals surface area contributed by atoms with Gasteiger partial charge in [0.15, 0.2) is 4.96 Å². The molecular formula is C11H13N3O3S. The van der Waals surface area contributed by atoms with Crippen molar-refractivity contribution in [3.05, 3.63) is 23.5 Å². The molecule has 0 fully saturated rings. The van der Waals surface area contributed by atoms with Crippen molar-refractivity contribution in [1.29, 1.82) is 0 Å². The summed E-state index contributed by atoms with van der Waals surface area (Å²) in [6.07, 6.45) is 3.89. The van der Waals surface area contributed by atoms with Crippen molar-refractivity contribution >= 4 is 28.2 Å². The van der Waals surface area contributed by atoms with E-state index in [2.05, 4.69) is 9.72 Å². The molecule has 0 spiro atoms. The van der Waals surface area contributed by atoms with Crippen molar-refractivity contribution in [1.82, 2.24) is 14.3 Å². The Bertz CT molecular complexity index is 546. The highest BCUT2D eigenvalue weighted by atomic mass is 32.1. The second kappa shape index (κ2) is 5.18. The maximum Gasteiger partial charge on any atom is 0.325 e. The van der Waals surface area contributed by atoms with Gasteiger partial charge in [0.05, 0.1) is 19.2 Å². The van der Waals surface area contributed by atoms with Gasteiger partial charge >= 0.3 is 5.97 Å². The molecule has 0 aliphatic rings. The Labute approximate surface area is 108 Å². The Balaban J connectivity index is 1.98. The molecule has 2 aromatic rings. The lowest BCUT2D eigenvalue weighted by Gasteiger charge is -2.14. The second-order valence-electron chi connectivity index (χ2n) is 3.83. The average molecular weight is 267 g/mol. The lowest BCUT2D eigenvalue weighted by molar-refractivity contribution is -0.145. The maximum atomic E-state index is 11.8. The molecule has 6 nitrogen and oxygen atoms in total. The predicted molar refractivity (Wildman–Crippen MR) is 66.4 cm³/mol. The SMILES string of the molecule is COC(=O)CN(C)C(=O)Cc1cn2ccsc2n1. The predicted octanol–water partition coefficient (Wildman–Crippen LogP) is 0.570. The largest absolute Gasteiger partial charge is 0.468 e. The van der Waals surface area contributed by atoms with Crippen molar-refractivity contribution in [2.75, 3.05) is 20.7 Å². The fourth-order valence-electron chi connectivity index (χ4n) is 1.50. The number of aromatic nitrogens is 2. The van der Waals surface area contributed by atoms with Crippen LogP contribution in [-0.2, 0) is 20.7 Å². The van der Waals surface area contributed by atoms with Gasteiger partial charge in [0.1, 0.15) is 6.54 Å². The molecule has 0 saturated heterocycles. The Morgan fingerprint density at radius 2 is 2.33 bits per heavy atom. The van der Waals surface area contributed by atoms with Crippen molar-refractivity contribution < 1.29 is 14.3 Å². The van der Waals surface area contributed by atoms with E-state index in [0.717, 1.165) is 4.96 Å². The molecule has 96 valence electrons. The zero-order valence-electron chi connectivity index (χ0n) is 10.1. The van der Waals surface area contributed by atoms with E-state index >= 15 is 0 Å². The van der Waals surface area contributed by atoms with Gasteiger partial charge in [-0.15, -0.1) is 11.3 Å². The molecule has 1 amide bonds. The Morgan fingerprint density at radius 1 is 1.56 bits per heavy atom. The molecule has 0 aromatic carbocycles. The highest BCUT2D eigenvalue weighted by Gasteiger charge is 2.15. The smallest absolute Gasteiger partial charge is 0.325 e. The van der Waals surface area contributed by atoms with Crippen LogP contribution in [-0.4, -0.2) is 46.9 Å². The minimum atomic E-state index is -0.434. The van der Waals surface area contributed by atoms with Crippen LogP contribution in [0.25, 0.3) is 4.96 Å². The summed E-state index contributed by atoms with van der Waals surface area (Å²) in [5.74, 6) is -0.595. The van der Waals surface area contributed by atoms with E-state index in [0.29, 0.717) is 5.69 Å². The van der Waals surface area contributed by atoms with Gasteiger partial charge in [-0.25, -0.2) is 4.98 Å². The summed E-state index contributed by atoms with van der Waals surface area (Å²) >= 11 is 1.51. The zero-order chi connectivity index (χ0) is 13.1. The van der Waals surface area contributed by atoms with E-state index < -0.39 is 5.97 Å². The molecular weight excluding hydrogens is 254 g/mol. The maximum absolute atomic E-state index is 11.8. The first-order chi connectivity index (χ1) is 8.60. The molecule has 2 aromatic heterocycles. The molecule has 0 bridgehead atoms.